The highest BCUT2D eigenvalue weighted by molar-refractivity contribution is 14.0. The second-order valence-electron chi connectivity index (χ2n) is 6.17. The Morgan fingerprint density at radius 2 is 2.04 bits per heavy atom. The van der Waals surface area contributed by atoms with Gasteiger partial charge < -0.3 is 20.1 Å². The van der Waals surface area contributed by atoms with Gasteiger partial charge in [0.15, 0.2) is 5.96 Å². The molecule has 0 fully saturated rings. The number of hydrogen-bond donors (Lipinski definition) is 2. The number of nitrogens with zero attached hydrogens (tertiary/aromatic N) is 2. The van der Waals surface area contributed by atoms with Crippen LogP contribution >= 0.6 is 24.0 Å². The van der Waals surface area contributed by atoms with Gasteiger partial charge in [0.2, 0.25) is 0 Å². The van der Waals surface area contributed by atoms with E-state index in [2.05, 4.69) is 33.6 Å². The molecule has 0 atom stereocenters. The summed E-state index contributed by atoms with van der Waals surface area (Å²) in [5.74, 6) is 1.59. The smallest absolute Gasteiger partial charge is 0.195 e. The number of rotatable bonds is 10. The van der Waals surface area contributed by atoms with Gasteiger partial charge in [-0.1, -0.05) is 12.1 Å². The molecule has 154 valence electrons. The molecule has 0 bridgehead atoms. The first-order valence-electron chi connectivity index (χ1n) is 9.40. The molecular weight excluding hydrogens is 467 g/mol. The highest BCUT2D eigenvalue weighted by atomic mass is 127. The van der Waals surface area contributed by atoms with Crippen molar-refractivity contribution in [1.29, 1.82) is 0 Å². The van der Waals surface area contributed by atoms with E-state index in [1.165, 1.54) is 5.56 Å². The highest BCUT2D eigenvalue weighted by Gasteiger charge is 2.02. The summed E-state index contributed by atoms with van der Waals surface area (Å²) in [5, 5.41) is 6.61. The molecule has 6 nitrogen and oxygen atoms in total. The summed E-state index contributed by atoms with van der Waals surface area (Å²) in [4.78, 5) is 8.98. The van der Waals surface area contributed by atoms with Crippen molar-refractivity contribution in [2.45, 2.75) is 26.7 Å². The normalized spacial score (nSPS) is 10.9. The molecule has 7 heteroatoms. The average molecular weight is 498 g/mol. The van der Waals surface area contributed by atoms with E-state index < -0.39 is 0 Å². The van der Waals surface area contributed by atoms with Crippen LogP contribution in [0.5, 0.6) is 5.75 Å². The van der Waals surface area contributed by atoms with Gasteiger partial charge in [-0.3, -0.25) is 9.98 Å². The molecular formula is C21H31IN4O2. The zero-order valence-corrected chi connectivity index (χ0v) is 19.2. The Hall–Kier alpha value is -1.87. The van der Waals surface area contributed by atoms with Crippen LogP contribution in [0, 0.1) is 6.92 Å². The van der Waals surface area contributed by atoms with E-state index in [0.717, 1.165) is 42.5 Å². The summed E-state index contributed by atoms with van der Waals surface area (Å²) in [5.41, 5.74) is 3.16. The number of halogens is 1. The third-order valence-corrected chi connectivity index (χ3v) is 3.85. The number of aromatic nitrogens is 1. The number of anilines is 1. The minimum Gasteiger partial charge on any atom is -0.493 e. The zero-order valence-electron chi connectivity index (χ0n) is 16.9. The number of methoxy groups -OCH3 is 1. The summed E-state index contributed by atoms with van der Waals surface area (Å²) >= 11 is 0. The minimum absolute atomic E-state index is 0. The second kappa shape index (κ2) is 14.2. The van der Waals surface area contributed by atoms with Gasteiger partial charge in [-0.05, 0) is 44.0 Å². The number of hydrogen-bond acceptors (Lipinski definition) is 4. The molecule has 0 radical (unpaired) electrons. The fourth-order valence-electron chi connectivity index (χ4n) is 2.44. The molecule has 1 aromatic heterocycles. The van der Waals surface area contributed by atoms with Gasteiger partial charge in [0.05, 0.1) is 6.61 Å². The van der Waals surface area contributed by atoms with Crippen LogP contribution in [0.2, 0.25) is 0 Å². The molecule has 2 rings (SSSR count). The second-order valence-corrected chi connectivity index (χ2v) is 6.17. The standard InChI is InChI=1S/C21H30N4O2.HI/c1-4-22-21(23-12-11-18-10-9-17(2)24-16-18)25-19-7-5-8-20(15-19)27-14-6-13-26-3;/h5,7-10,15-16H,4,6,11-14H2,1-3H3,(H2,22,23,25);1H. The Bertz CT molecular complexity index is 708. The van der Waals surface area contributed by atoms with E-state index in [-0.39, 0.29) is 24.0 Å². The number of benzene rings is 1. The van der Waals surface area contributed by atoms with Crippen LogP contribution < -0.4 is 15.4 Å². The van der Waals surface area contributed by atoms with Crippen molar-refractivity contribution in [3.63, 3.8) is 0 Å². The van der Waals surface area contributed by atoms with Crippen LogP contribution in [0.1, 0.15) is 24.6 Å². The van der Waals surface area contributed by atoms with Gasteiger partial charge in [0.1, 0.15) is 5.75 Å². The van der Waals surface area contributed by atoms with Gasteiger partial charge in [0.25, 0.3) is 0 Å². The van der Waals surface area contributed by atoms with Crippen molar-refractivity contribution in [2.24, 2.45) is 4.99 Å². The third-order valence-electron chi connectivity index (χ3n) is 3.85. The van der Waals surface area contributed by atoms with Crippen LogP contribution in [-0.2, 0) is 11.2 Å². The molecule has 1 aromatic carbocycles. The topological polar surface area (TPSA) is 67.8 Å². The molecule has 0 aliphatic carbocycles. The number of nitrogens with one attached hydrogen (secondary N) is 2. The van der Waals surface area contributed by atoms with E-state index in [0.29, 0.717) is 19.8 Å². The van der Waals surface area contributed by atoms with E-state index in [1.54, 1.807) is 7.11 Å². The van der Waals surface area contributed by atoms with Crippen molar-refractivity contribution in [3.05, 3.63) is 53.9 Å². The zero-order chi connectivity index (χ0) is 19.3. The van der Waals surface area contributed by atoms with Gasteiger partial charge >= 0.3 is 0 Å². The minimum atomic E-state index is 0. The van der Waals surface area contributed by atoms with Crippen LogP contribution in [0.25, 0.3) is 0 Å². The lowest BCUT2D eigenvalue weighted by Gasteiger charge is -2.13. The van der Waals surface area contributed by atoms with Crippen molar-refractivity contribution in [3.8, 4) is 5.75 Å². The lowest BCUT2D eigenvalue weighted by molar-refractivity contribution is 0.172. The Kier molecular flexibility index (Phi) is 12.2. The summed E-state index contributed by atoms with van der Waals surface area (Å²) in [7, 11) is 1.70. The quantitative estimate of drug-likeness (QED) is 0.224. The average Bonchev–Trinajstić information content (AvgIpc) is 2.67. The van der Waals surface area contributed by atoms with Crippen LogP contribution in [0.15, 0.2) is 47.6 Å². The van der Waals surface area contributed by atoms with Crippen molar-refractivity contribution < 1.29 is 9.47 Å². The summed E-state index contributed by atoms with van der Waals surface area (Å²) in [6.45, 7) is 6.86. The van der Waals surface area contributed by atoms with Crippen LogP contribution in [0.3, 0.4) is 0 Å². The monoisotopic (exact) mass is 498 g/mol. The summed E-state index contributed by atoms with van der Waals surface area (Å²) in [6, 6.07) is 12.0. The predicted molar refractivity (Wildman–Crippen MR) is 126 cm³/mol. The Morgan fingerprint density at radius 1 is 1.18 bits per heavy atom. The lowest BCUT2D eigenvalue weighted by Crippen LogP contribution is -2.30. The van der Waals surface area contributed by atoms with Gasteiger partial charge in [-0.25, -0.2) is 0 Å². The Morgan fingerprint density at radius 3 is 2.75 bits per heavy atom. The molecule has 2 aromatic rings. The molecule has 0 amide bonds. The predicted octanol–water partition coefficient (Wildman–Crippen LogP) is 4.04. The molecule has 0 saturated heterocycles. The van der Waals surface area contributed by atoms with E-state index in [9.17, 15) is 0 Å². The molecule has 0 unspecified atom stereocenters. The first-order valence-corrected chi connectivity index (χ1v) is 9.40. The number of ether oxygens (including phenoxy) is 2. The maximum absolute atomic E-state index is 5.75. The maximum atomic E-state index is 5.75. The third kappa shape index (κ3) is 9.36. The molecule has 28 heavy (non-hydrogen) atoms. The number of pyridine rings is 1. The molecule has 0 saturated carbocycles. The highest BCUT2D eigenvalue weighted by Crippen LogP contribution is 2.17. The fourth-order valence-corrected chi connectivity index (χ4v) is 2.44. The van der Waals surface area contributed by atoms with Crippen LogP contribution in [0.4, 0.5) is 5.69 Å². The SMILES string of the molecule is CCNC(=NCCc1ccc(C)nc1)Nc1cccc(OCCCOC)c1.I. The number of aryl methyl sites for hydroxylation is 1. The summed E-state index contributed by atoms with van der Waals surface area (Å²) in [6.07, 6.45) is 3.63. The largest absolute Gasteiger partial charge is 0.493 e. The molecule has 0 aliphatic rings. The molecule has 1 heterocycles. The van der Waals surface area contributed by atoms with E-state index >= 15 is 0 Å². The maximum Gasteiger partial charge on any atom is 0.195 e. The van der Waals surface area contributed by atoms with Crippen LogP contribution in [-0.4, -0.2) is 44.4 Å². The van der Waals surface area contributed by atoms with Gasteiger partial charge in [-0.15, -0.1) is 24.0 Å². The summed E-state index contributed by atoms with van der Waals surface area (Å²) < 4.78 is 10.8. The first kappa shape index (κ1) is 24.2. The van der Waals surface area contributed by atoms with Crippen molar-refractivity contribution in [1.82, 2.24) is 10.3 Å². The van der Waals surface area contributed by atoms with Gasteiger partial charge in [0, 0.05) is 56.9 Å². The van der Waals surface area contributed by atoms with Gasteiger partial charge in [-0.2, -0.15) is 0 Å². The Labute approximate surface area is 185 Å². The molecule has 0 spiro atoms. The molecule has 2 N–H and O–H groups in total. The lowest BCUT2D eigenvalue weighted by atomic mass is 10.2. The Balaban J connectivity index is 0.00000392. The van der Waals surface area contributed by atoms with Crippen molar-refractivity contribution in [2.75, 3.05) is 38.7 Å². The fraction of sp³-hybridized carbons (Fsp3) is 0.429. The first-order chi connectivity index (χ1) is 13.2. The molecule has 0 aliphatic heterocycles. The van der Waals surface area contributed by atoms with E-state index in [1.807, 2.05) is 43.5 Å². The van der Waals surface area contributed by atoms with Crippen molar-refractivity contribution >= 4 is 35.6 Å². The van der Waals surface area contributed by atoms with E-state index in [4.69, 9.17) is 9.47 Å². The number of aliphatic imine (C=N–C) groups is 1. The number of guanidine groups is 1.